The Balaban J connectivity index is 1.20. The SMILES string of the molecule is CC1CN(Cc2nc3ccc(C(=O)O)cc3n2CC2CCO2)CC(C)C1c1ccccc1OCc1ccc(Cl)cc1F. The minimum absolute atomic E-state index is 0.121. The first-order chi connectivity index (χ1) is 20.3. The summed E-state index contributed by atoms with van der Waals surface area (Å²) < 4.78 is 28.4. The average Bonchev–Trinajstić information content (AvgIpc) is 3.26. The zero-order valence-corrected chi connectivity index (χ0v) is 24.6. The molecule has 0 saturated carbocycles. The molecule has 1 aromatic heterocycles. The molecule has 2 aliphatic heterocycles. The van der Waals surface area contributed by atoms with E-state index in [1.54, 1.807) is 30.3 Å². The van der Waals surface area contributed by atoms with Crippen LogP contribution in [0.2, 0.25) is 5.02 Å². The number of benzene rings is 3. The van der Waals surface area contributed by atoms with Crippen LogP contribution in [0.4, 0.5) is 4.39 Å². The molecule has 0 amide bonds. The highest BCUT2D eigenvalue weighted by molar-refractivity contribution is 6.30. The third-order valence-corrected chi connectivity index (χ3v) is 8.85. The van der Waals surface area contributed by atoms with Crippen molar-refractivity contribution in [2.75, 3.05) is 19.7 Å². The van der Waals surface area contributed by atoms with Crippen LogP contribution >= 0.6 is 11.6 Å². The van der Waals surface area contributed by atoms with Crippen LogP contribution in [0.3, 0.4) is 0 Å². The summed E-state index contributed by atoms with van der Waals surface area (Å²) in [4.78, 5) is 19.0. The molecule has 3 heterocycles. The van der Waals surface area contributed by atoms with Gasteiger partial charge in [-0.15, -0.1) is 0 Å². The van der Waals surface area contributed by atoms with E-state index in [1.807, 2.05) is 18.2 Å². The number of hydrogen-bond acceptors (Lipinski definition) is 5. The molecule has 2 aliphatic rings. The van der Waals surface area contributed by atoms with Gasteiger partial charge in [-0.05, 0) is 66.1 Å². The van der Waals surface area contributed by atoms with Crippen LogP contribution in [0, 0.1) is 17.7 Å². The zero-order valence-electron chi connectivity index (χ0n) is 23.8. The van der Waals surface area contributed by atoms with Crippen LogP contribution in [0.25, 0.3) is 11.0 Å². The Morgan fingerprint density at radius 1 is 1.12 bits per heavy atom. The molecule has 3 atom stereocenters. The van der Waals surface area contributed by atoms with E-state index in [9.17, 15) is 14.3 Å². The monoisotopic (exact) mass is 591 g/mol. The number of carboxylic acids is 1. The van der Waals surface area contributed by atoms with Crippen molar-refractivity contribution in [3.05, 3.63) is 94.0 Å². The van der Waals surface area contributed by atoms with Gasteiger partial charge in [-0.1, -0.05) is 49.7 Å². The first-order valence-corrected chi connectivity index (χ1v) is 14.9. The van der Waals surface area contributed by atoms with Crippen LogP contribution in [0.1, 0.15) is 53.5 Å². The van der Waals surface area contributed by atoms with E-state index in [0.29, 0.717) is 35.5 Å². The van der Waals surface area contributed by atoms with Gasteiger partial charge in [-0.3, -0.25) is 4.90 Å². The Labute approximate surface area is 249 Å². The van der Waals surface area contributed by atoms with E-state index in [-0.39, 0.29) is 30.0 Å². The van der Waals surface area contributed by atoms with E-state index in [1.165, 1.54) is 6.07 Å². The van der Waals surface area contributed by atoms with Crippen LogP contribution in [0.5, 0.6) is 5.75 Å². The highest BCUT2D eigenvalue weighted by Gasteiger charge is 2.35. The molecule has 1 N–H and O–H groups in total. The summed E-state index contributed by atoms with van der Waals surface area (Å²) in [5.74, 6) is 1.32. The second kappa shape index (κ2) is 12.0. The van der Waals surface area contributed by atoms with Gasteiger partial charge in [0, 0.05) is 30.3 Å². The van der Waals surface area contributed by atoms with Gasteiger partial charge in [-0.25, -0.2) is 14.2 Å². The van der Waals surface area contributed by atoms with E-state index in [2.05, 4.69) is 29.4 Å². The number of aromatic nitrogens is 2. The highest BCUT2D eigenvalue weighted by Crippen LogP contribution is 2.41. The maximum absolute atomic E-state index is 14.4. The molecule has 220 valence electrons. The number of imidazole rings is 1. The number of halogens is 2. The fourth-order valence-corrected chi connectivity index (χ4v) is 6.72. The molecule has 0 spiro atoms. The lowest BCUT2D eigenvalue weighted by molar-refractivity contribution is -0.0593. The summed E-state index contributed by atoms with van der Waals surface area (Å²) in [6.07, 6.45) is 1.11. The van der Waals surface area contributed by atoms with Gasteiger partial charge in [0.15, 0.2) is 0 Å². The first-order valence-electron chi connectivity index (χ1n) is 14.5. The summed E-state index contributed by atoms with van der Waals surface area (Å²) in [6.45, 7) is 8.51. The Morgan fingerprint density at radius 2 is 1.88 bits per heavy atom. The maximum atomic E-state index is 14.4. The van der Waals surface area contributed by atoms with Gasteiger partial charge >= 0.3 is 5.97 Å². The number of hydrogen-bond donors (Lipinski definition) is 1. The number of rotatable bonds is 9. The number of likely N-dealkylation sites (tertiary alicyclic amines) is 1. The summed E-state index contributed by atoms with van der Waals surface area (Å²) in [5, 5.41) is 9.92. The Bertz CT molecular complexity index is 1590. The molecule has 42 heavy (non-hydrogen) atoms. The van der Waals surface area contributed by atoms with E-state index in [4.69, 9.17) is 26.1 Å². The number of para-hydroxylation sites is 1. The van der Waals surface area contributed by atoms with Gasteiger partial charge in [0.2, 0.25) is 0 Å². The van der Waals surface area contributed by atoms with Crippen molar-refractivity contribution in [3.63, 3.8) is 0 Å². The molecule has 0 bridgehead atoms. The van der Waals surface area contributed by atoms with Crippen molar-refractivity contribution in [3.8, 4) is 5.75 Å². The second-order valence-electron chi connectivity index (χ2n) is 11.7. The van der Waals surface area contributed by atoms with E-state index >= 15 is 0 Å². The van der Waals surface area contributed by atoms with Crippen LogP contribution in [-0.2, 0) is 24.4 Å². The van der Waals surface area contributed by atoms with E-state index in [0.717, 1.165) is 54.3 Å². The van der Waals surface area contributed by atoms with E-state index < -0.39 is 5.97 Å². The number of fused-ring (bicyclic) bond motifs is 1. The van der Waals surface area contributed by atoms with Gasteiger partial charge in [0.25, 0.3) is 0 Å². The lowest BCUT2D eigenvalue weighted by atomic mass is 9.75. The minimum Gasteiger partial charge on any atom is -0.489 e. The Hall–Kier alpha value is -3.46. The fraction of sp³-hybridized carbons (Fsp3) is 0.394. The average molecular weight is 592 g/mol. The lowest BCUT2D eigenvalue weighted by Crippen LogP contribution is -2.43. The van der Waals surface area contributed by atoms with Gasteiger partial charge in [0.1, 0.15) is 24.0 Å². The minimum atomic E-state index is -0.946. The standard InChI is InChI=1S/C33H35ClFN3O4/c1-20-15-37(18-31-36-28-10-8-22(33(39)40)13-29(28)38(31)17-25-11-12-41-25)16-21(2)32(20)26-5-3-4-6-30(26)42-19-23-7-9-24(34)14-27(23)35/h3-10,13-14,20-21,25,32H,11-12,15-19H2,1-2H3,(H,39,40). The first kappa shape index (κ1) is 28.6. The van der Waals surface area contributed by atoms with Crippen LogP contribution in [0.15, 0.2) is 60.7 Å². The molecule has 6 rings (SSSR count). The summed E-state index contributed by atoms with van der Waals surface area (Å²) in [7, 11) is 0. The Morgan fingerprint density at radius 3 is 2.57 bits per heavy atom. The number of carbonyl (C=O) groups is 1. The van der Waals surface area contributed by atoms with Gasteiger partial charge in [0.05, 0.1) is 35.8 Å². The molecule has 3 unspecified atom stereocenters. The largest absolute Gasteiger partial charge is 0.489 e. The van der Waals surface area contributed by atoms with Crippen LogP contribution < -0.4 is 4.74 Å². The van der Waals surface area contributed by atoms with Crippen molar-refractivity contribution in [1.82, 2.24) is 14.5 Å². The maximum Gasteiger partial charge on any atom is 0.335 e. The fourth-order valence-electron chi connectivity index (χ4n) is 6.56. The normalized spacial score (nSPS) is 22.7. The summed E-state index contributed by atoms with van der Waals surface area (Å²) in [6, 6.07) is 17.9. The van der Waals surface area contributed by atoms with Gasteiger partial charge in [-0.2, -0.15) is 0 Å². The second-order valence-corrected chi connectivity index (χ2v) is 12.1. The molecule has 7 nitrogen and oxygen atoms in total. The van der Waals surface area contributed by atoms with Crippen LogP contribution in [-0.4, -0.2) is 51.3 Å². The highest BCUT2D eigenvalue weighted by atomic mass is 35.5. The molecule has 4 aromatic rings. The molecular weight excluding hydrogens is 557 g/mol. The summed E-state index contributed by atoms with van der Waals surface area (Å²) >= 11 is 5.92. The number of carboxylic acid groups (broad SMARTS) is 1. The number of piperidine rings is 1. The smallest absolute Gasteiger partial charge is 0.335 e. The predicted molar refractivity (Wildman–Crippen MR) is 160 cm³/mol. The lowest BCUT2D eigenvalue weighted by Gasteiger charge is -2.42. The molecule has 2 saturated heterocycles. The topological polar surface area (TPSA) is 76.8 Å². The molecule has 9 heteroatoms. The molecular formula is C33H35ClFN3O4. The Kier molecular flexibility index (Phi) is 8.21. The summed E-state index contributed by atoms with van der Waals surface area (Å²) in [5.41, 5.74) is 3.50. The number of nitrogens with zero attached hydrogens (tertiary/aromatic N) is 3. The number of ether oxygens (including phenoxy) is 2. The third-order valence-electron chi connectivity index (χ3n) is 8.61. The number of aromatic carboxylic acids is 1. The molecule has 3 aromatic carbocycles. The van der Waals surface area contributed by atoms with Gasteiger partial charge < -0.3 is 19.1 Å². The third kappa shape index (κ3) is 5.89. The van der Waals surface area contributed by atoms with Crippen molar-refractivity contribution in [1.29, 1.82) is 0 Å². The predicted octanol–water partition coefficient (Wildman–Crippen LogP) is 6.77. The zero-order chi connectivity index (χ0) is 29.4. The van der Waals surface area contributed by atoms with Crippen molar-refractivity contribution in [2.24, 2.45) is 11.8 Å². The molecule has 0 radical (unpaired) electrons. The molecule has 2 fully saturated rings. The molecule has 0 aliphatic carbocycles. The van der Waals surface area contributed by atoms with Crippen molar-refractivity contribution in [2.45, 2.75) is 52.0 Å². The van der Waals surface area contributed by atoms with Crippen molar-refractivity contribution >= 4 is 28.6 Å². The quantitative estimate of drug-likeness (QED) is 0.232. The van der Waals surface area contributed by atoms with Crippen molar-refractivity contribution < 1.29 is 23.8 Å².